The number of thioether (sulfide) groups is 1. The number of methoxy groups -OCH3 is 1. The predicted octanol–water partition coefficient (Wildman–Crippen LogP) is 4.20. The van der Waals surface area contributed by atoms with E-state index in [-0.39, 0.29) is 22.2 Å². The van der Waals surface area contributed by atoms with Gasteiger partial charge in [0.1, 0.15) is 6.04 Å². The molecule has 150 valence electrons. The number of rotatable bonds is 6. The van der Waals surface area contributed by atoms with Crippen molar-refractivity contribution in [3.8, 4) is 0 Å². The maximum absolute atomic E-state index is 13.0. The maximum Gasteiger partial charge on any atom is 0.328 e. The Hall–Kier alpha value is -1.82. The number of hydrogen-bond acceptors (Lipinski definition) is 5. The van der Waals surface area contributed by atoms with Crippen LogP contribution in [-0.4, -0.2) is 35.9 Å². The van der Waals surface area contributed by atoms with Crippen molar-refractivity contribution in [2.75, 3.05) is 17.8 Å². The molecule has 0 N–H and O–H groups in total. The van der Waals surface area contributed by atoms with Crippen LogP contribution >= 0.6 is 11.8 Å². The molecular formula is C21H31NO4S. The van der Waals surface area contributed by atoms with Crippen LogP contribution in [0.25, 0.3) is 0 Å². The fourth-order valence-electron chi connectivity index (χ4n) is 2.81. The first-order valence-electron chi connectivity index (χ1n) is 9.01. The van der Waals surface area contributed by atoms with Gasteiger partial charge < -0.3 is 4.74 Å². The molecule has 0 aliphatic heterocycles. The van der Waals surface area contributed by atoms with Crippen LogP contribution in [0.5, 0.6) is 0 Å². The van der Waals surface area contributed by atoms with Gasteiger partial charge in [-0.1, -0.05) is 44.7 Å². The summed E-state index contributed by atoms with van der Waals surface area (Å²) in [5, 5.41) is -0.0285. The monoisotopic (exact) mass is 393 g/mol. The SMILES string of the molecule is COC(=O)[C@H](C)N(C(=O)CSC(=O)CC(C)(C)C)c1c(C)ccc(C)c1C. The number of carbonyl (C=O) groups excluding carboxylic acids is 3. The summed E-state index contributed by atoms with van der Waals surface area (Å²) in [5.41, 5.74) is 3.44. The lowest BCUT2D eigenvalue weighted by Gasteiger charge is -2.31. The molecule has 1 atom stereocenters. The fourth-order valence-corrected chi connectivity index (χ4v) is 3.77. The number of carbonyl (C=O) groups is 3. The summed E-state index contributed by atoms with van der Waals surface area (Å²) in [6.07, 6.45) is 0.389. The summed E-state index contributed by atoms with van der Waals surface area (Å²) in [6.45, 7) is 13.4. The average molecular weight is 394 g/mol. The van der Waals surface area contributed by atoms with Gasteiger partial charge in [-0.3, -0.25) is 14.5 Å². The van der Waals surface area contributed by atoms with E-state index in [9.17, 15) is 14.4 Å². The predicted molar refractivity (Wildman–Crippen MR) is 111 cm³/mol. The summed E-state index contributed by atoms with van der Waals surface area (Å²) in [6, 6.07) is 3.14. The number of anilines is 1. The van der Waals surface area contributed by atoms with Crippen molar-refractivity contribution in [2.24, 2.45) is 5.41 Å². The van der Waals surface area contributed by atoms with E-state index >= 15 is 0 Å². The molecule has 1 aromatic rings. The minimum Gasteiger partial charge on any atom is -0.467 e. The number of amides is 1. The number of esters is 1. The lowest BCUT2D eigenvalue weighted by atomic mass is 9.93. The maximum atomic E-state index is 13.0. The van der Waals surface area contributed by atoms with Crippen molar-refractivity contribution >= 4 is 34.4 Å². The molecule has 0 aromatic heterocycles. The third kappa shape index (κ3) is 6.38. The van der Waals surface area contributed by atoms with E-state index in [0.29, 0.717) is 12.1 Å². The van der Waals surface area contributed by atoms with Crippen molar-refractivity contribution < 1.29 is 19.1 Å². The van der Waals surface area contributed by atoms with Crippen LogP contribution in [0.2, 0.25) is 0 Å². The molecule has 6 heteroatoms. The molecule has 0 aliphatic rings. The van der Waals surface area contributed by atoms with Gasteiger partial charge in [0.15, 0.2) is 5.12 Å². The minimum atomic E-state index is -0.778. The highest BCUT2D eigenvalue weighted by Crippen LogP contribution is 2.30. The van der Waals surface area contributed by atoms with Gasteiger partial charge in [0, 0.05) is 6.42 Å². The normalized spacial score (nSPS) is 12.4. The summed E-state index contributed by atoms with van der Waals surface area (Å²) in [7, 11) is 1.30. The van der Waals surface area contributed by atoms with E-state index in [0.717, 1.165) is 28.5 Å². The van der Waals surface area contributed by atoms with Crippen LogP contribution < -0.4 is 4.90 Å². The number of ether oxygens (including phenoxy) is 1. The second-order valence-electron chi connectivity index (χ2n) is 8.03. The number of aryl methyl sites for hydroxylation is 2. The van der Waals surface area contributed by atoms with Crippen LogP contribution in [0.3, 0.4) is 0 Å². The molecule has 1 amide bonds. The minimum absolute atomic E-state index is 0.0108. The van der Waals surface area contributed by atoms with Gasteiger partial charge in [0.25, 0.3) is 0 Å². The van der Waals surface area contributed by atoms with Crippen LogP contribution in [-0.2, 0) is 19.1 Å². The van der Waals surface area contributed by atoms with Gasteiger partial charge in [-0.25, -0.2) is 4.79 Å². The topological polar surface area (TPSA) is 63.7 Å². The molecule has 0 fully saturated rings. The zero-order chi connectivity index (χ0) is 20.9. The van der Waals surface area contributed by atoms with Crippen LogP contribution in [0.15, 0.2) is 12.1 Å². The largest absolute Gasteiger partial charge is 0.467 e. The molecule has 0 heterocycles. The molecule has 1 aromatic carbocycles. The third-order valence-corrected chi connectivity index (χ3v) is 5.23. The number of hydrogen-bond donors (Lipinski definition) is 0. The van der Waals surface area contributed by atoms with Gasteiger partial charge >= 0.3 is 5.97 Å². The van der Waals surface area contributed by atoms with Gasteiger partial charge in [0.2, 0.25) is 5.91 Å². The van der Waals surface area contributed by atoms with E-state index < -0.39 is 12.0 Å². The molecule has 0 aliphatic carbocycles. The molecule has 27 heavy (non-hydrogen) atoms. The Labute approximate surface area is 166 Å². The summed E-state index contributed by atoms with van der Waals surface area (Å²) < 4.78 is 4.86. The second kappa shape index (κ2) is 9.40. The zero-order valence-electron chi connectivity index (χ0n) is 17.6. The Balaban J connectivity index is 3.17. The highest BCUT2D eigenvalue weighted by Gasteiger charge is 2.31. The Morgan fingerprint density at radius 1 is 1.11 bits per heavy atom. The Morgan fingerprint density at radius 2 is 1.67 bits per heavy atom. The third-order valence-electron chi connectivity index (χ3n) is 4.37. The number of benzene rings is 1. The van der Waals surface area contributed by atoms with Crippen molar-refractivity contribution in [3.05, 3.63) is 28.8 Å². The Morgan fingerprint density at radius 3 is 2.19 bits per heavy atom. The van der Waals surface area contributed by atoms with E-state index in [4.69, 9.17) is 4.74 Å². The van der Waals surface area contributed by atoms with Crippen molar-refractivity contribution in [2.45, 2.75) is 60.9 Å². The molecule has 0 bridgehead atoms. The smallest absolute Gasteiger partial charge is 0.328 e. The van der Waals surface area contributed by atoms with Crippen molar-refractivity contribution in [1.29, 1.82) is 0 Å². The highest BCUT2D eigenvalue weighted by molar-refractivity contribution is 8.14. The molecule has 0 unspecified atom stereocenters. The lowest BCUT2D eigenvalue weighted by molar-refractivity contribution is -0.142. The first-order chi connectivity index (χ1) is 12.4. The lowest BCUT2D eigenvalue weighted by Crippen LogP contribution is -2.46. The Kier molecular flexibility index (Phi) is 8.08. The van der Waals surface area contributed by atoms with Gasteiger partial charge in [-0.15, -0.1) is 0 Å². The standard InChI is InChI=1S/C21H31NO4S/c1-13-9-10-14(2)19(15(13)3)22(16(4)20(25)26-8)17(23)12-27-18(24)11-21(5,6)7/h9-10,16H,11-12H2,1-8H3/t16-/m0/s1. The molecular weight excluding hydrogens is 362 g/mol. The van der Waals surface area contributed by atoms with Crippen molar-refractivity contribution in [3.63, 3.8) is 0 Å². The van der Waals surface area contributed by atoms with E-state index in [1.807, 2.05) is 53.7 Å². The molecule has 0 saturated carbocycles. The second-order valence-corrected chi connectivity index (χ2v) is 9.07. The first kappa shape index (κ1) is 23.2. The Bertz CT molecular complexity index is 722. The van der Waals surface area contributed by atoms with E-state index in [2.05, 4.69) is 0 Å². The number of nitrogens with zero attached hydrogens (tertiary/aromatic N) is 1. The summed E-state index contributed by atoms with van der Waals surface area (Å²) in [5.74, 6) is -0.782. The molecule has 0 radical (unpaired) electrons. The fraction of sp³-hybridized carbons (Fsp3) is 0.571. The highest BCUT2D eigenvalue weighted by atomic mass is 32.2. The molecule has 1 rings (SSSR count). The van der Waals surface area contributed by atoms with E-state index in [1.54, 1.807) is 6.92 Å². The van der Waals surface area contributed by atoms with Crippen LogP contribution in [0.1, 0.15) is 50.8 Å². The average Bonchev–Trinajstić information content (AvgIpc) is 2.57. The summed E-state index contributed by atoms with van der Waals surface area (Å²) >= 11 is 1.00. The van der Waals surface area contributed by atoms with Crippen LogP contribution in [0.4, 0.5) is 5.69 Å². The zero-order valence-corrected chi connectivity index (χ0v) is 18.5. The van der Waals surface area contributed by atoms with Gasteiger partial charge in [0.05, 0.1) is 18.6 Å². The van der Waals surface area contributed by atoms with Crippen LogP contribution in [0, 0.1) is 26.2 Å². The van der Waals surface area contributed by atoms with Crippen molar-refractivity contribution in [1.82, 2.24) is 0 Å². The summed E-state index contributed by atoms with van der Waals surface area (Å²) in [4.78, 5) is 38.9. The molecule has 0 spiro atoms. The van der Waals surface area contributed by atoms with Gasteiger partial charge in [-0.05, 0) is 49.8 Å². The molecule has 0 saturated heterocycles. The van der Waals surface area contributed by atoms with Gasteiger partial charge in [-0.2, -0.15) is 0 Å². The van der Waals surface area contributed by atoms with E-state index in [1.165, 1.54) is 12.0 Å². The quantitative estimate of drug-likeness (QED) is 0.678. The first-order valence-corrected chi connectivity index (χ1v) is 10.00. The molecule has 5 nitrogen and oxygen atoms in total.